The summed E-state index contributed by atoms with van der Waals surface area (Å²) in [5.74, 6) is 0. The maximum absolute atomic E-state index is 11.5. The van der Waals surface area contributed by atoms with E-state index in [2.05, 4.69) is 15.0 Å². The number of anilines is 2. The molecule has 0 amide bonds. The van der Waals surface area contributed by atoms with E-state index in [9.17, 15) is 8.42 Å². The molecule has 1 fully saturated rings. The first kappa shape index (κ1) is 20.1. The second kappa shape index (κ2) is 7.91. The van der Waals surface area contributed by atoms with Crippen molar-refractivity contribution in [3.05, 3.63) is 75.7 Å². The van der Waals surface area contributed by atoms with Gasteiger partial charge in [-0.3, -0.25) is 9.71 Å². The van der Waals surface area contributed by atoms with Crippen molar-refractivity contribution in [2.24, 2.45) is 0 Å². The van der Waals surface area contributed by atoms with Crippen LogP contribution in [0.3, 0.4) is 0 Å². The number of pyridine rings is 1. The number of hydrogen-bond acceptors (Lipinski definition) is 5. The molecule has 0 saturated carbocycles. The van der Waals surface area contributed by atoms with Crippen molar-refractivity contribution in [2.45, 2.75) is 12.1 Å². The second-order valence-electron chi connectivity index (χ2n) is 6.56. The Kier molecular flexibility index (Phi) is 5.48. The van der Waals surface area contributed by atoms with Gasteiger partial charge in [0.05, 0.1) is 28.4 Å². The minimum absolute atomic E-state index is 0.136. The van der Waals surface area contributed by atoms with Crippen LogP contribution in [0.2, 0.25) is 4.34 Å². The van der Waals surface area contributed by atoms with Gasteiger partial charge in [0.15, 0.2) is 5.11 Å². The van der Waals surface area contributed by atoms with Crippen molar-refractivity contribution in [1.82, 2.24) is 10.3 Å². The molecular weight excluding hydrogens is 448 g/mol. The average molecular weight is 465 g/mol. The third kappa shape index (κ3) is 4.37. The number of nitrogens with zero attached hydrogens (tertiary/aromatic N) is 2. The molecule has 2 atom stereocenters. The molecular formula is C19H17ClN4O2S3. The van der Waals surface area contributed by atoms with E-state index in [0.717, 1.165) is 22.5 Å². The molecule has 6 nitrogen and oxygen atoms in total. The number of nitrogens with one attached hydrogen (secondary N) is 2. The molecule has 0 radical (unpaired) electrons. The van der Waals surface area contributed by atoms with Gasteiger partial charge in [0.2, 0.25) is 10.0 Å². The van der Waals surface area contributed by atoms with Gasteiger partial charge in [0.25, 0.3) is 0 Å². The summed E-state index contributed by atoms with van der Waals surface area (Å²) in [6.07, 6.45) is 2.88. The van der Waals surface area contributed by atoms with E-state index in [4.69, 9.17) is 23.8 Å². The minimum atomic E-state index is -3.34. The molecule has 1 aliphatic rings. The average Bonchev–Trinajstić information content (AvgIpc) is 3.25. The summed E-state index contributed by atoms with van der Waals surface area (Å²) in [6.45, 7) is 0. The Labute approximate surface area is 183 Å². The molecule has 1 aromatic carbocycles. The summed E-state index contributed by atoms with van der Waals surface area (Å²) in [5.41, 5.74) is 2.21. The highest BCUT2D eigenvalue weighted by molar-refractivity contribution is 7.92. The van der Waals surface area contributed by atoms with Gasteiger partial charge >= 0.3 is 0 Å². The molecule has 1 saturated heterocycles. The lowest BCUT2D eigenvalue weighted by atomic mass is 10.0. The van der Waals surface area contributed by atoms with Crippen LogP contribution in [0.4, 0.5) is 11.4 Å². The third-order valence-corrected chi connectivity index (χ3v) is 6.66. The summed E-state index contributed by atoms with van der Waals surface area (Å²) in [5, 5.41) is 3.94. The number of halogens is 1. The molecule has 1 aliphatic heterocycles. The Balaban J connectivity index is 1.73. The van der Waals surface area contributed by atoms with Crippen molar-refractivity contribution < 1.29 is 8.42 Å². The summed E-state index contributed by atoms with van der Waals surface area (Å²) in [6, 6.07) is 16.5. The van der Waals surface area contributed by atoms with Crippen LogP contribution in [0.5, 0.6) is 0 Å². The van der Waals surface area contributed by atoms with Crippen LogP contribution in [-0.4, -0.2) is 24.8 Å². The summed E-state index contributed by atoms with van der Waals surface area (Å²) in [4.78, 5) is 7.57. The van der Waals surface area contributed by atoms with Crippen molar-refractivity contribution in [3.8, 4) is 0 Å². The van der Waals surface area contributed by atoms with Gasteiger partial charge in [0.1, 0.15) is 0 Å². The second-order valence-corrected chi connectivity index (χ2v) is 10.4. The first-order valence-electron chi connectivity index (χ1n) is 8.65. The first-order valence-corrected chi connectivity index (χ1v) is 12.1. The Morgan fingerprint density at radius 3 is 2.52 bits per heavy atom. The molecule has 0 unspecified atom stereocenters. The fraction of sp³-hybridized carbons (Fsp3) is 0.158. The fourth-order valence-electron chi connectivity index (χ4n) is 3.31. The van der Waals surface area contributed by atoms with Crippen LogP contribution in [0.15, 0.2) is 60.8 Å². The van der Waals surface area contributed by atoms with Crippen LogP contribution in [0.25, 0.3) is 0 Å². The van der Waals surface area contributed by atoms with Gasteiger partial charge in [-0.05, 0) is 60.7 Å². The van der Waals surface area contributed by atoms with Crippen LogP contribution < -0.4 is 14.9 Å². The van der Waals surface area contributed by atoms with Crippen LogP contribution in [0.1, 0.15) is 22.7 Å². The highest BCUT2D eigenvalue weighted by Gasteiger charge is 2.41. The maximum atomic E-state index is 11.5. The van der Waals surface area contributed by atoms with E-state index in [1.807, 2.05) is 47.4 Å². The predicted octanol–water partition coefficient (Wildman–Crippen LogP) is 4.35. The standard InChI is InChI=1S/C19H17ClN4O2S3/c1-29(25,26)23-12-5-7-13(8-6-12)24-18(15-9-10-16(20)28-15)17(22-19(24)27)14-4-2-3-11-21-14/h2-11,17-18,23H,1H3,(H,22,27)/t17-,18+/m0/s1. The largest absolute Gasteiger partial charge is 0.351 e. The van der Waals surface area contributed by atoms with Gasteiger partial charge in [-0.15, -0.1) is 11.3 Å². The molecule has 2 N–H and O–H groups in total. The molecule has 4 rings (SSSR count). The highest BCUT2D eigenvalue weighted by atomic mass is 35.5. The molecule has 3 aromatic rings. The van der Waals surface area contributed by atoms with Crippen LogP contribution in [0, 0.1) is 0 Å². The Bertz CT molecular complexity index is 1130. The fourth-order valence-corrected chi connectivity index (χ4v) is 5.41. The lowest BCUT2D eigenvalue weighted by molar-refractivity contribution is 0.575. The van der Waals surface area contributed by atoms with Gasteiger partial charge in [-0.25, -0.2) is 8.42 Å². The molecule has 2 aromatic heterocycles. The van der Waals surface area contributed by atoms with Crippen molar-refractivity contribution >= 4 is 61.7 Å². The molecule has 0 aliphatic carbocycles. The molecule has 0 bridgehead atoms. The topological polar surface area (TPSA) is 74.3 Å². The van der Waals surface area contributed by atoms with Gasteiger partial charge in [-0.2, -0.15) is 0 Å². The predicted molar refractivity (Wildman–Crippen MR) is 122 cm³/mol. The first-order chi connectivity index (χ1) is 13.8. The Morgan fingerprint density at radius 2 is 1.93 bits per heavy atom. The van der Waals surface area contributed by atoms with E-state index in [1.54, 1.807) is 18.3 Å². The third-order valence-electron chi connectivity index (χ3n) is 4.43. The summed E-state index contributed by atoms with van der Waals surface area (Å²) in [7, 11) is -3.34. The number of rotatable bonds is 5. The number of aromatic nitrogens is 1. The molecule has 10 heteroatoms. The zero-order valence-electron chi connectivity index (χ0n) is 15.2. The number of thiophene rings is 1. The number of benzene rings is 1. The Hall–Kier alpha value is -2.20. The van der Waals surface area contributed by atoms with E-state index in [1.165, 1.54) is 11.3 Å². The number of hydrogen-bond donors (Lipinski definition) is 2. The SMILES string of the molecule is CS(=O)(=O)Nc1ccc(N2C(=S)N[C@@H](c3ccccn3)[C@H]2c2ccc(Cl)s2)cc1. The molecule has 29 heavy (non-hydrogen) atoms. The smallest absolute Gasteiger partial charge is 0.229 e. The van der Waals surface area contributed by atoms with E-state index in [0.29, 0.717) is 15.1 Å². The maximum Gasteiger partial charge on any atom is 0.229 e. The monoisotopic (exact) mass is 464 g/mol. The number of sulfonamides is 1. The lowest BCUT2D eigenvalue weighted by Crippen LogP contribution is -2.29. The normalized spacial score (nSPS) is 19.2. The van der Waals surface area contributed by atoms with Gasteiger partial charge in [0, 0.05) is 22.4 Å². The molecule has 3 heterocycles. The summed E-state index contributed by atoms with van der Waals surface area (Å²) < 4.78 is 26.1. The van der Waals surface area contributed by atoms with Crippen LogP contribution in [-0.2, 0) is 10.0 Å². The molecule has 0 spiro atoms. The van der Waals surface area contributed by atoms with Gasteiger partial charge in [-0.1, -0.05) is 17.7 Å². The van der Waals surface area contributed by atoms with Gasteiger partial charge < -0.3 is 10.2 Å². The lowest BCUT2D eigenvalue weighted by Gasteiger charge is -2.27. The van der Waals surface area contributed by atoms with Crippen molar-refractivity contribution in [1.29, 1.82) is 0 Å². The van der Waals surface area contributed by atoms with E-state index in [-0.39, 0.29) is 12.1 Å². The minimum Gasteiger partial charge on any atom is -0.351 e. The highest BCUT2D eigenvalue weighted by Crippen LogP contribution is 2.44. The summed E-state index contributed by atoms with van der Waals surface area (Å²) >= 11 is 13.4. The number of thiocarbonyl (C=S) groups is 1. The quantitative estimate of drug-likeness (QED) is 0.547. The zero-order chi connectivity index (χ0) is 20.6. The Morgan fingerprint density at radius 1 is 1.17 bits per heavy atom. The van der Waals surface area contributed by atoms with Crippen molar-refractivity contribution in [3.63, 3.8) is 0 Å². The van der Waals surface area contributed by atoms with Crippen LogP contribution >= 0.6 is 35.2 Å². The van der Waals surface area contributed by atoms with Crippen molar-refractivity contribution in [2.75, 3.05) is 15.9 Å². The zero-order valence-corrected chi connectivity index (χ0v) is 18.4. The molecule has 150 valence electrons. The van der Waals surface area contributed by atoms with E-state index < -0.39 is 10.0 Å². The van der Waals surface area contributed by atoms with E-state index >= 15 is 0 Å².